The van der Waals surface area contributed by atoms with E-state index in [0.29, 0.717) is 0 Å². The number of hydrogen-bond acceptors (Lipinski definition) is 0. The van der Waals surface area contributed by atoms with Gasteiger partial charge in [-0.15, -0.1) is 11.6 Å². The molecule has 0 nitrogen and oxygen atoms in total. The molecule has 46 valence electrons. The van der Waals surface area contributed by atoms with Gasteiger partial charge in [0.15, 0.2) is 0 Å². The van der Waals surface area contributed by atoms with E-state index >= 15 is 0 Å². The third kappa shape index (κ3) is 30.2. The van der Waals surface area contributed by atoms with E-state index in [2.05, 4.69) is 11.6 Å². The van der Waals surface area contributed by atoms with Crippen LogP contribution < -0.4 is 0 Å². The maximum absolute atomic E-state index is 4.93. The van der Waals surface area contributed by atoms with Gasteiger partial charge in [0.1, 0.15) is 0 Å². The zero-order chi connectivity index (χ0) is 6.12. The predicted octanol–water partition coefficient (Wildman–Crippen LogP) is 2.40. The summed E-state index contributed by atoms with van der Waals surface area (Å²) >= 11 is 4.64. The van der Waals surface area contributed by atoms with Gasteiger partial charge >= 0.3 is 0 Å². The molecular formula is C6H10ClZr-. The second-order valence-corrected chi connectivity index (χ2v) is 0.718. The van der Waals surface area contributed by atoms with Crippen molar-refractivity contribution in [3.63, 3.8) is 0 Å². The van der Waals surface area contributed by atoms with E-state index in [1.54, 1.807) is 6.08 Å². The van der Waals surface area contributed by atoms with Crippen LogP contribution in [0.15, 0.2) is 18.2 Å². The molecule has 8 heavy (non-hydrogen) atoms. The quantitative estimate of drug-likeness (QED) is 0.353. The van der Waals surface area contributed by atoms with Gasteiger partial charge < -0.3 is 0 Å². The summed E-state index contributed by atoms with van der Waals surface area (Å²) in [4.78, 5) is 0. The summed E-state index contributed by atoms with van der Waals surface area (Å²) in [7, 11) is 0. The number of allylic oxidation sites excluding steroid dienone is 3. The van der Waals surface area contributed by atoms with Crippen LogP contribution in [0.25, 0.3) is 0 Å². The van der Waals surface area contributed by atoms with Crippen LogP contribution in [-0.4, -0.2) is 6.38 Å². The van der Waals surface area contributed by atoms with Crippen molar-refractivity contribution < 1.29 is 26.2 Å². The second kappa shape index (κ2) is 25.4. The average Bonchev–Trinajstić information content (AvgIpc) is 1.75. The molecule has 0 aromatic rings. The van der Waals surface area contributed by atoms with Crippen molar-refractivity contribution >= 4 is 11.6 Å². The molecule has 0 amide bonds. The molecule has 0 radical (unpaired) electrons. The predicted molar refractivity (Wildman–Crippen MR) is 35.5 cm³/mol. The van der Waals surface area contributed by atoms with Crippen LogP contribution in [0.4, 0.5) is 0 Å². The minimum absolute atomic E-state index is 0. The van der Waals surface area contributed by atoms with Crippen molar-refractivity contribution in [2.75, 3.05) is 6.38 Å². The van der Waals surface area contributed by atoms with Crippen molar-refractivity contribution in [3.8, 4) is 0 Å². The summed E-state index contributed by atoms with van der Waals surface area (Å²) in [6.45, 7) is 6.85. The Hall–Kier alpha value is 0.653. The SMILES string of the molecule is CCl.[CH-]=CC=CC.[Zr]. The van der Waals surface area contributed by atoms with Crippen LogP contribution in [0, 0.1) is 6.58 Å². The Labute approximate surface area is 75.7 Å². The van der Waals surface area contributed by atoms with Crippen molar-refractivity contribution in [3.05, 3.63) is 24.8 Å². The van der Waals surface area contributed by atoms with Crippen LogP contribution in [0.3, 0.4) is 0 Å². The third-order valence-corrected chi connectivity index (χ3v) is 0.304. The standard InChI is InChI=1S/C5H7.CH3Cl.Zr/c1-3-5-4-2;1-2;/h1,3-5H,2H3;1H3;/q-1;;. The molecule has 0 aliphatic rings. The second-order valence-electron chi connectivity index (χ2n) is 0.718. The summed E-state index contributed by atoms with van der Waals surface area (Å²) in [5.41, 5.74) is 0. The smallest absolute Gasteiger partial charge is 0.0108 e. The Morgan fingerprint density at radius 3 is 1.75 bits per heavy atom. The molecule has 0 atom stereocenters. The Morgan fingerprint density at radius 2 is 1.75 bits per heavy atom. The van der Waals surface area contributed by atoms with Crippen LogP contribution in [0.1, 0.15) is 6.92 Å². The van der Waals surface area contributed by atoms with Gasteiger partial charge in [0, 0.05) is 32.6 Å². The molecular weight excluding hydrogens is 199 g/mol. The van der Waals surface area contributed by atoms with E-state index in [-0.39, 0.29) is 26.2 Å². The Kier molecular flexibility index (Phi) is 50.3. The van der Waals surface area contributed by atoms with E-state index in [4.69, 9.17) is 6.58 Å². The summed E-state index contributed by atoms with van der Waals surface area (Å²) in [5.74, 6) is 0. The molecule has 0 unspecified atom stereocenters. The first-order valence-electron chi connectivity index (χ1n) is 1.96. The molecule has 0 saturated heterocycles. The maximum atomic E-state index is 4.93. The first-order valence-corrected chi connectivity index (χ1v) is 2.71. The molecule has 0 aliphatic heterocycles. The van der Waals surface area contributed by atoms with Gasteiger partial charge in [-0.2, -0.15) is 6.08 Å². The Bertz CT molecular complexity index is 50.5. The fourth-order valence-corrected chi connectivity index (χ4v) is 0.111. The number of alkyl halides is 1. The van der Waals surface area contributed by atoms with E-state index in [0.717, 1.165) is 0 Å². The summed E-state index contributed by atoms with van der Waals surface area (Å²) in [6, 6.07) is 0. The van der Waals surface area contributed by atoms with Crippen molar-refractivity contribution in [1.29, 1.82) is 0 Å². The summed E-state index contributed by atoms with van der Waals surface area (Å²) < 4.78 is 0. The molecule has 0 fully saturated rings. The molecule has 0 aromatic carbocycles. The monoisotopic (exact) mass is 207 g/mol. The van der Waals surface area contributed by atoms with Gasteiger partial charge in [0.2, 0.25) is 0 Å². The maximum Gasteiger partial charge on any atom is 0.0108 e. The van der Waals surface area contributed by atoms with Gasteiger partial charge in [0.05, 0.1) is 0 Å². The minimum atomic E-state index is 0. The van der Waals surface area contributed by atoms with Crippen molar-refractivity contribution in [2.45, 2.75) is 6.92 Å². The molecule has 0 spiro atoms. The molecule has 0 bridgehead atoms. The van der Waals surface area contributed by atoms with E-state index in [9.17, 15) is 0 Å². The number of rotatable bonds is 1. The van der Waals surface area contributed by atoms with E-state index in [1.165, 1.54) is 12.5 Å². The van der Waals surface area contributed by atoms with E-state index in [1.807, 2.05) is 13.0 Å². The average molecular weight is 209 g/mol. The molecule has 2 heteroatoms. The van der Waals surface area contributed by atoms with Crippen LogP contribution in [0.2, 0.25) is 0 Å². The first-order chi connectivity index (χ1) is 3.41. The fourth-order valence-electron chi connectivity index (χ4n) is 0.111. The normalized spacial score (nSPS) is 6.38. The molecule has 0 rings (SSSR count). The number of halogens is 1. The molecule has 0 heterocycles. The fraction of sp³-hybridized carbons (Fsp3) is 0.333. The van der Waals surface area contributed by atoms with Gasteiger partial charge in [0.25, 0.3) is 0 Å². The summed E-state index contributed by atoms with van der Waals surface area (Å²) in [5, 5.41) is 0. The van der Waals surface area contributed by atoms with Crippen molar-refractivity contribution in [2.24, 2.45) is 0 Å². The first kappa shape index (κ1) is 15.9. The van der Waals surface area contributed by atoms with Gasteiger partial charge in [-0.05, 0) is 0 Å². The van der Waals surface area contributed by atoms with Gasteiger partial charge in [-0.3, -0.25) is 6.58 Å². The minimum Gasteiger partial charge on any atom is -0.293 e. The zero-order valence-electron chi connectivity index (χ0n) is 5.19. The Balaban J connectivity index is -0.0000000750. The van der Waals surface area contributed by atoms with Crippen LogP contribution in [0.5, 0.6) is 0 Å². The molecule has 0 saturated carbocycles. The molecule has 0 aliphatic carbocycles. The Morgan fingerprint density at radius 1 is 1.38 bits per heavy atom. The van der Waals surface area contributed by atoms with Crippen molar-refractivity contribution in [1.82, 2.24) is 0 Å². The van der Waals surface area contributed by atoms with Gasteiger partial charge in [-0.1, -0.05) is 6.92 Å². The molecule has 0 N–H and O–H groups in total. The van der Waals surface area contributed by atoms with Gasteiger partial charge in [-0.25, -0.2) is 12.2 Å². The zero-order valence-corrected chi connectivity index (χ0v) is 8.40. The summed E-state index contributed by atoms with van der Waals surface area (Å²) in [6.07, 6.45) is 6.62. The number of hydrogen-bond donors (Lipinski definition) is 0. The van der Waals surface area contributed by atoms with Crippen LogP contribution >= 0.6 is 11.6 Å². The third-order valence-electron chi connectivity index (χ3n) is 0.304. The molecule has 0 aromatic heterocycles. The largest absolute Gasteiger partial charge is 0.293 e. The van der Waals surface area contributed by atoms with Crippen LogP contribution in [-0.2, 0) is 26.2 Å². The topological polar surface area (TPSA) is 0 Å². The van der Waals surface area contributed by atoms with E-state index < -0.39 is 0 Å².